The van der Waals surface area contributed by atoms with Crippen molar-refractivity contribution in [2.24, 2.45) is 5.73 Å². The number of ether oxygens (including phenoxy) is 1. The molecule has 96 valence electrons. The average molecular weight is 264 g/mol. The number of aromatic nitrogens is 1. The second kappa shape index (κ2) is 5.95. The summed E-state index contributed by atoms with van der Waals surface area (Å²) < 4.78 is 6.62. The van der Waals surface area contributed by atoms with Gasteiger partial charge in [0, 0.05) is 30.3 Å². The van der Waals surface area contributed by atoms with Gasteiger partial charge in [0.25, 0.3) is 5.56 Å². The lowest BCUT2D eigenvalue weighted by Crippen LogP contribution is -2.28. The van der Waals surface area contributed by atoms with Crippen LogP contribution in [0.3, 0.4) is 0 Å². The van der Waals surface area contributed by atoms with E-state index in [2.05, 4.69) is 0 Å². The molecule has 1 atom stereocenters. The van der Waals surface area contributed by atoms with Crippen LogP contribution in [-0.4, -0.2) is 18.3 Å². The van der Waals surface area contributed by atoms with Gasteiger partial charge in [-0.2, -0.15) is 0 Å². The lowest BCUT2D eigenvalue weighted by Gasteiger charge is -2.12. The molecule has 0 saturated heterocycles. The molecule has 0 aliphatic carbocycles. The number of thiophene rings is 1. The highest BCUT2D eigenvalue weighted by molar-refractivity contribution is 7.10. The van der Waals surface area contributed by atoms with Crippen molar-refractivity contribution in [3.8, 4) is 0 Å². The maximum absolute atomic E-state index is 12.2. The van der Waals surface area contributed by atoms with Gasteiger partial charge in [0.05, 0.1) is 12.6 Å². The number of pyridine rings is 1. The van der Waals surface area contributed by atoms with Crippen LogP contribution in [0.15, 0.2) is 40.6 Å². The fourth-order valence-corrected chi connectivity index (χ4v) is 2.52. The lowest BCUT2D eigenvalue weighted by atomic mass is 10.1. The Kier molecular flexibility index (Phi) is 4.30. The first-order valence-corrected chi connectivity index (χ1v) is 6.59. The van der Waals surface area contributed by atoms with E-state index in [1.165, 1.54) is 0 Å². The normalized spacial score (nSPS) is 12.6. The Morgan fingerprint density at radius 2 is 2.28 bits per heavy atom. The smallest absolute Gasteiger partial charge is 0.255 e. The Morgan fingerprint density at radius 3 is 2.94 bits per heavy atom. The van der Waals surface area contributed by atoms with Gasteiger partial charge < -0.3 is 15.0 Å². The van der Waals surface area contributed by atoms with Crippen LogP contribution in [0.5, 0.6) is 0 Å². The summed E-state index contributed by atoms with van der Waals surface area (Å²) in [5.74, 6) is 0. The molecule has 2 heterocycles. The molecule has 0 fully saturated rings. The maximum atomic E-state index is 12.2. The summed E-state index contributed by atoms with van der Waals surface area (Å²) in [6.07, 6.45) is 1.76. The molecule has 0 aliphatic heterocycles. The highest BCUT2D eigenvalue weighted by Crippen LogP contribution is 2.21. The average Bonchev–Trinajstić information content (AvgIpc) is 2.91. The standard InChI is InChI=1S/C13H16N2O2S/c1-17-8-7-15-6-2-4-10(13(15)16)12(14)11-5-3-9-18-11/h2-6,9,12H,7-8,14H2,1H3. The third-order valence-electron chi connectivity index (χ3n) is 2.77. The van der Waals surface area contributed by atoms with Crippen molar-refractivity contribution in [1.82, 2.24) is 4.57 Å². The third-order valence-corrected chi connectivity index (χ3v) is 3.73. The maximum Gasteiger partial charge on any atom is 0.255 e. The second-order valence-electron chi connectivity index (χ2n) is 3.95. The summed E-state index contributed by atoms with van der Waals surface area (Å²) in [6.45, 7) is 1.05. The van der Waals surface area contributed by atoms with Crippen LogP contribution in [-0.2, 0) is 11.3 Å². The molecule has 2 N–H and O–H groups in total. The fraction of sp³-hybridized carbons (Fsp3) is 0.308. The molecule has 2 rings (SSSR count). The Bertz CT molecular complexity index is 548. The molecule has 0 spiro atoms. The van der Waals surface area contributed by atoms with E-state index in [1.807, 2.05) is 23.6 Å². The first-order chi connectivity index (χ1) is 8.74. The summed E-state index contributed by atoms with van der Waals surface area (Å²) >= 11 is 1.56. The van der Waals surface area contributed by atoms with Crippen molar-refractivity contribution >= 4 is 11.3 Å². The summed E-state index contributed by atoms with van der Waals surface area (Å²) in [6, 6.07) is 7.16. The first-order valence-electron chi connectivity index (χ1n) is 5.71. The minimum atomic E-state index is -0.354. The molecule has 2 aromatic rings. The number of hydrogen-bond donors (Lipinski definition) is 1. The van der Waals surface area contributed by atoms with E-state index in [-0.39, 0.29) is 11.6 Å². The molecule has 18 heavy (non-hydrogen) atoms. The zero-order chi connectivity index (χ0) is 13.0. The largest absolute Gasteiger partial charge is 0.383 e. The van der Waals surface area contributed by atoms with E-state index >= 15 is 0 Å². The molecule has 0 saturated carbocycles. The molecule has 2 aromatic heterocycles. The Balaban J connectivity index is 2.31. The predicted octanol–water partition coefficient (Wildman–Crippen LogP) is 1.60. The summed E-state index contributed by atoms with van der Waals surface area (Å²) in [5.41, 5.74) is 6.70. The molecule has 0 amide bonds. The zero-order valence-electron chi connectivity index (χ0n) is 10.2. The number of nitrogens with two attached hydrogens (primary N) is 1. The van der Waals surface area contributed by atoms with Gasteiger partial charge in [-0.25, -0.2) is 0 Å². The molecule has 0 radical (unpaired) electrons. The summed E-state index contributed by atoms with van der Waals surface area (Å²) in [7, 11) is 1.62. The van der Waals surface area contributed by atoms with Gasteiger partial charge in [0.15, 0.2) is 0 Å². The monoisotopic (exact) mass is 264 g/mol. The first kappa shape index (κ1) is 13.0. The molecular weight excluding hydrogens is 248 g/mol. The van der Waals surface area contributed by atoms with Crippen molar-refractivity contribution < 1.29 is 4.74 Å². The molecule has 4 nitrogen and oxygen atoms in total. The molecule has 5 heteroatoms. The van der Waals surface area contributed by atoms with Gasteiger partial charge in [0.1, 0.15) is 0 Å². The van der Waals surface area contributed by atoms with Gasteiger partial charge in [-0.05, 0) is 17.5 Å². The van der Waals surface area contributed by atoms with Crippen LogP contribution in [0, 0.1) is 0 Å². The van der Waals surface area contributed by atoms with Crippen LogP contribution in [0.2, 0.25) is 0 Å². The number of rotatable bonds is 5. The van der Waals surface area contributed by atoms with Gasteiger partial charge in [-0.1, -0.05) is 12.1 Å². The van der Waals surface area contributed by atoms with Gasteiger partial charge >= 0.3 is 0 Å². The molecule has 0 aromatic carbocycles. The van der Waals surface area contributed by atoms with Crippen molar-refractivity contribution in [2.75, 3.05) is 13.7 Å². The zero-order valence-corrected chi connectivity index (χ0v) is 11.0. The lowest BCUT2D eigenvalue weighted by molar-refractivity contribution is 0.186. The van der Waals surface area contributed by atoms with Gasteiger partial charge in [0.2, 0.25) is 0 Å². The topological polar surface area (TPSA) is 57.2 Å². The van der Waals surface area contributed by atoms with E-state index in [4.69, 9.17) is 10.5 Å². The van der Waals surface area contributed by atoms with Crippen LogP contribution in [0.25, 0.3) is 0 Å². The van der Waals surface area contributed by atoms with Crippen LogP contribution < -0.4 is 11.3 Å². The molecular formula is C13H16N2O2S. The van der Waals surface area contributed by atoms with E-state index in [9.17, 15) is 4.79 Å². The van der Waals surface area contributed by atoms with Crippen LogP contribution >= 0.6 is 11.3 Å². The molecule has 1 unspecified atom stereocenters. The number of nitrogens with zero attached hydrogens (tertiary/aromatic N) is 1. The van der Waals surface area contributed by atoms with Gasteiger partial charge in [-0.15, -0.1) is 11.3 Å². The third kappa shape index (κ3) is 2.69. The van der Waals surface area contributed by atoms with E-state index < -0.39 is 0 Å². The second-order valence-corrected chi connectivity index (χ2v) is 4.93. The quantitative estimate of drug-likeness (QED) is 0.892. The number of methoxy groups -OCH3 is 1. The Morgan fingerprint density at radius 1 is 1.44 bits per heavy atom. The van der Waals surface area contributed by atoms with E-state index in [1.54, 1.807) is 35.3 Å². The van der Waals surface area contributed by atoms with Crippen molar-refractivity contribution in [3.63, 3.8) is 0 Å². The van der Waals surface area contributed by atoms with Crippen LogP contribution in [0.4, 0.5) is 0 Å². The van der Waals surface area contributed by atoms with E-state index in [0.717, 1.165) is 4.88 Å². The summed E-state index contributed by atoms with van der Waals surface area (Å²) in [4.78, 5) is 13.2. The minimum Gasteiger partial charge on any atom is -0.383 e. The van der Waals surface area contributed by atoms with Crippen molar-refractivity contribution in [1.29, 1.82) is 0 Å². The summed E-state index contributed by atoms with van der Waals surface area (Å²) in [5, 5.41) is 1.96. The predicted molar refractivity (Wildman–Crippen MR) is 72.9 cm³/mol. The van der Waals surface area contributed by atoms with Crippen LogP contribution in [0.1, 0.15) is 16.5 Å². The molecule has 0 aliphatic rings. The van der Waals surface area contributed by atoms with Gasteiger partial charge in [-0.3, -0.25) is 4.79 Å². The highest BCUT2D eigenvalue weighted by Gasteiger charge is 2.14. The van der Waals surface area contributed by atoms with E-state index in [0.29, 0.717) is 18.7 Å². The number of hydrogen-bond acceptors (Lipinski definition) is 4. The highest BCUT2D eigenvalue weighted by atomic mass is 32.1. The van der Waals surface area contributed by atoms with Crippen molar-refractivity contribution in [3.05, 3.63) is 56.6 Å². The Hall–Kier alpha value is -1.43. The SMILES string of the molecule is COCCn1cccc(C(N)c2cccs2)c1=O. The Labute approximate surface area is 110 Å². The minimum absolute atomic E-state index is 0.0459. The van der Waals surface area contributed by atoms with Crippen molar-refractivity contribution in [2.45, 2.75) is 12.6 Å². The fourth-order valence-electron chi connectivity index (χ4n) is 1.78. The molecule has 0 bridgehead atoms.